The van der Waals surface area contributed by atoms with Gasteiger partial charge in [0.2, 0.25) is 5.88 Å². The van der Waals surface area contributed by atoms with Gasteiger partial charge in [0.05, 0.1) is 5.69 Å². The van der Waals surface area contributed by atoms with Crippen molar-refractivity contribution in [1.82, 2.24) is 19.7 Å². The van der Waals surface area contributed by atoms with Gasteiger partial charge in [0.25, 0.3) is 0 Å². The summed E-state index contributed by atoms with van der Waals surface area (Å²) < 4.78 is 7.27. The van der Waals surface area contributed by atoms with Crippen LogP contribution in [0, 0.1) is 25.2 Å². The average Bonchev–Trinajstić information content (AvgIpc) is 2.90. The number of hydrogen-bond acceptors (Lipinski definition) is 6. The Morgan fingerprint density at radius 3 is 2.48 bits per heavy atom. The number of nitrogens with zero attached hydrogens (tertiary/aromatic N) is 5. The monoisotopic (exact) mass is 334 g/mol. The lowest BCUT2D eigenvalue weighted by atomic mass is 10.1. The second kappa shape index (κ2) is 6.61. The van der Waals surface area contributed by atoms with Crippen LogP contribution >= 0.6 is 0 Å². The summed E-state index contributed by atoms with van der Waals surface area (Å²) in [6.07, 6.45) is 1.99. The first-order valence-electron chi connectivity index (χ1n) is 7.88. The van der Waals surface area contributed by atoms with Crippen LogP contribution in [-0.2, 0) is 6.42 Å². The molecule has 7 nitrogen and oxygen atoms in total. The van der Waals surface area contributed by atoms with Gasteiger partial charge >= 0.3 is 0 Å². The number of rotatable bonds is 4. The fourth-order valence-corrected chi connectivity index (χ4v) is 2.64. The van der Waals surface area contributed by atoms with E-state index in [1.807, 2.05) is 32.9 Å². The summed E-state index contributed by atoms with van der Waals surface area (Å²) in [5.74, 6) is 1.78. The zero-order valence-corrected chi connectivity index (χ0v) is 14.3. The Kier molecular flexibility index (Phi) is 4.35. The van der Waals surface area contributed by atoms with Crippen molar-refractivity contribution in [3.8, 4) is 23.5 Å². The van der Waals surface area contributed by atoms with E-state index in [0.29, 0.717) is 35.1 Å². The normalized spacial score (nSPS) is 10.5. The summed E-state index contributed by atoms with van der Waals surface area (Å²) >= 11 is 0. The fraction of sp³-hybridized carbons (Fsp3) is 0.222. The maximum absolute atomic E-state index is 9.25. The van der Waals surface area contributed by atoms with Crippen molar-refractivity contribution in [2.45, 2.75) is 27.2 Å². The van der Waals surface area contributed by atoms with E-state index in [1.165, 1.54) is 11.0 Å². The van der Waals surface area contributed by atoms with Crippen LogP contribution in [-0.4, -0.2) is 19.7 Å². The van der Waals surface area contributed by atoms with Crippen LogP contribution in [0.15, 0.2) is 30.6 Å². The minimum absolute atomic E-state index is 0.260. The summed E-state index contributed by atoms with van der Waals surface area (Å²) in [6, 6.07) is 9.66. The molecule has 126 valence electrons. The molecule has 1 aromatic carbocycles. The topological polar surface area (TPSA) is 103 Å². The first-order chi connectivity index (χ1) is 12.0. The zero-order valence-electron chi connectivity index (χ0n) is 14.3. The van der Waals surface area contributed by atoms with Gasteiger partial charge < -0.3 is 10.5 Å². The number of aromatic nitrogens is 4. The van der Waals surface area contributed by atoms with Crippen LogP contribution in [0.2, 0.25) is 0 Å². The molecule has 3 aromatic rings. The molecule has 0 unspecified atom stereocenters. The highest BCUT2D eigenvalue weighted by Gasteiger charge is 2.16. The van der Waals surface area contributed by atoms with E-state index in [1.54, 1.807) is 6.07 Å². The molecule has 2 heterocycles. The Morgan fingerprint density at radius 1 is 1.16 bits per heavy atom. The molecule has 3 rings (SSSR count). The third-order valence-electron chi connectivity index (χ3n) is 3.70. The van der Waals surface area contributed by atoms with E-state index in [-0.39, 0.29) is 5.82 Å². The first-order valence-corrected chi connectivity index (χ1v) is 7.88. The van der Waals surface area contributed by atoms with Gasteiger partial charge in [-0.1, -0.05) is 13.0 Å². The molecule has 25 heavy (non-hydrogen) atoms. The SMILES string of the molecule is CCc1nn(-c2cc(Oc3cc(C)cc(C)c3)ncn2)c(N)c1C#N. The molecule has 2 aromatic heterocycles. The molecule has 0 aliphatic carbocycles. The van der Waals surface area contributed by atoms with Crippen molar-refractivity contribution in [2.75, 3.05) is 5.73 Å². The Bertz CT molecular complexity index is 950. The summed E-state index contributed by atoms with van der Waals surface area (Å²) in [4.78, 5) is 8.33. The van der Waals surface area contributed by atoms with Crippen LogP contribution in [0.4, 0.5) is 5.82 Å². The standard InChI is InChI=1S/C18H18N6O/c1-4-15-14(9-19)18(20)24(23-15)16-8-17(22-10-21-16)25-13-6-11(2)5-12(3)7-13/h5-8,10H,4,20H2,1-3H3. The van der Waals surface area contributed by atoms with Crippen molar-refractivity contribution in [3.63, 3.8) is 0 Å². The molecule has 0 radical (unpaired) electrons. The Labute approximate surface area is 145 Å². The van der Waals surface area contributed by atoms with Gasteiger partial charge in [0.15, 0.2) is 5.82 Å². The largest absolute Gasteiger partial charge is 0.439 e. The second-order valence-electron chi connectivity index (χ2n) is 5.72. The minimum atomic E-state index is 0.260. The molecule has 0 aliphatic rings. The summed E-state index contributed by atoms with van der Waals surface area (Å²) in [7, 11) is 0. The number of nitrogens with two attached hydrogens (primary N) is 1. The molecule has 0 amide bonds. The number of anilines is 1. The van der Waals surface area contributed by atoms with Crippen molar-refractivity contribution >= 4 is 5.82 Å². The van der Waals surface area contributed by atoms with E-state index in [9.17, 15) is 5.26 Å². The van der Waals surface area contributed by atoms with Gasteiger partial charge in [-0.3, -0.25) is 0 Å². The molecular weight excluding hydrogens is 316 g/mol. The molecule has 0 atom stereocenters. The molecule has 0 saturated carbocycles. The molecule has 0 spiro atoms. The molecule has 0 bridgehead atoms. The number of nitriles is 1. The maximum atomic E-state index is 9.25. The quantitative estimate of drug-likeness (QED) is 0.786. The predicted octanol–water partition coefficient (Wildman–Crippen LogP) is 3.09. The van der Waals surface area contributed by atoms with Gasteiger partial charge in [-0.15, -0.1) is 0 Å². The van der Waals surface area contributed by atoms with Crippen molar-refractivity contribution in [2.24, 2.45) is 0 Å². The minimum Gasteiger partial charge on any atom is -0.439 e. The number of ether oxygens (including phenoxy) is 1. The first kappa shape index (κ1) is 16.5. The van der Waals surface area contributed by atoms with Crippen molar-refractivity contribution in [3.05, 3.63) is 53.0 Å². The van der Waals surface area contributed by atoms with Crippen LogP contribution in [0.25, 0.3) is 5.82 Å². The smallest absolute Gasteiger partial charge is 0.224 e. The highest BCUT2D eigenvalue weighted by atomic mass is 16.5. The lowest BCUT2D eigenvalue weighted by molar-refractivity contribution is 0.460. The van der Waals surface area contributed by atoms with E-state index in [2.05, 4.69) is 27.2 Å². The van der Waals surface area contributed by atoms with Crippen molar-refractivity contribution < 1.29 is 4.74 Å². The van der Waals surface area contributed by atoms with E-state index < -0.39 is 0 Å². The molecule has 0 saturated heterocycles. The van der Waals surface area contributed by atoms with Crippen molar-refractivity contribution in [1.29, 1.82) is 5.26 Å². The van der Waals surface area contributed by atoms with E-state index in [4.69, 9.17) is 10.5 Å². The van der Waals surface area contributed by atoms with Crippen LogP contribution in [0.5, 0.6) is 11.6 Å². The van der Waals surface area contributed by atoms with Crippen LogP contribution < -0.4 is 10.5 Å². The van der Waals surface area contributed by atoms with Crippen LogP contribution in [0.1, 0.15) is 29.3 Å². The summed E-state index contributed by atoms with van der Waals surface area (Å²) in [5.41, 5.74) is 9.26. The molecular formula is C18H18N6O. The highest BCUT2D eigenvalue weighted by molar-refractivity contribution is 5.55. The highest BCUT2D eigenvalue weighted by Crippen LogP contribution is 2.25. The third kappa shape index (κ3) is 3.28. The Hall–Kier alpha value is -3.40. The molecule has 0 fully saturated rings. The van der Waals surface area contributed by atoms with E-state index >= 15 is 0 Å². The fourth-order valence-electron chi connectivity index (χ4n) is 2.64. The van der Waals surface area contributed by atoms with Gasteiger partial charge in [0, 0.05) is 6.07 Å². The van der Waals surface area contributed by atoms with Gasteiger partial charge in [0.1, 0.15) is 29.5 Å². The molecule has 0 aliphatic heterocycles. The maximum Gasteiger partial charge on any atom is 0.224 e. The summed E-state index contributed by atoms with van der Waals surface area (Å²) in [6.45, 7) is 5.93. The molecule has 2 N–H and O–H groups in total. The lowest BCUT2D eigenvalue weighted by Gasteiger charge is -2.08. The van der Waals surface area contributed by atoms with E-state index in [0.717, 1.165) is 11.1 Å². The number of benzene rings is 1. The van der Waals surface area contributed by atoms with Gasteiger partial charge in [-0.2, -0.15) is 15.0 Å². The zero-order chi connectivity index (χ0) is 18.0. The number of hydrogen-bond donors (Lipinski definition) is 1. The summed E-state index contributed by atoms with van der Waals surface area (Å²) in [5, 5.41) is 13.6. The second-order valence-corrected chi connectivity index (χ2v) is 5.72. The lowest BCUT2D eigenvalue weighted by Crippen LogP contribution is -2.05. The predicted molar refractivity (Wildman–Crippen MR) is 93.6 cm³/mol. The van der Waals surface area contributed by atoms with Crippen LogP contribution in [0.3, 0.4) is 0 Å². The average molecular weight is 334 g/mol. The Morgan fingerprint density at radius 2 is 1.88 bits per heavy atom. The Balaban J connectivity index is 1.97. The third-order valence-corrected chi connectivity index (χ3v) is 3.70. The van der Waals surface area contributed by atoms with Gasteiger partial charge in [-0.25, -0.2) is 9.97 Å². The number of nitrogen functional groups attached to an aromatic ring is 1. The van der Waals surface area contributed by atoms with Gasteiger partial charge in [-0.05, 0) is 43.5 Å². The number of aryl methyl sites for hydroxylation is 3. The molecule has 7 heteroatoms.